The van der Waals surface area contributed by atoms with E-state index >= 15 is 0 Å². The number of halogens is 2. The molecule has 19 heavy (non-hydrogen) atoms. The largest absolute Gasteiger partial charge is 0.418 e. The maximum Gasteiger partial charge on any atom is 0.382 e. The second-order valence-corrected chi connectivity index (χ2v) is 6.58. The van der Waals surface area contributed by atoms with Crippen LogP contribution in [0.4, 0.5) is 4.39 Å². The number of hydrogen-bond donors (Lipinski definition) is 0. The van der Waals surface area contributed by atoms with Gasteiger partial charge in [-0.05, 0) is 35.4 Å². The zero-order valence-corrected chi connectivity index (χ0v) is 14.4. The van der Waals surface area contributed by atoms with Crippen molar-refractivity contribution in [3.05, 3.63) is 15.6 Å². The van der Waals surface area contributed by atoms with Crippen LogP contribution in [0.25, 0.3) is 0 Å². The topological polar surface area (TPSA) is 26.0 Å². The van der Waals surface area contributed by atoms with Gasteiger partial charge in [0.1, 0.15) is 9.46 Å². The molecule has 1 heterocycles. The quantitative estimate of drug-likeness (QED) is 0.397. The van der Waals surface area contributed by atoms with E-state index in [1.807, 2.05) is 0 Å². The Morgan fingerprint density at radius 3 is 2.26 bits per heavy atom. The van der Waals surface area contributed by atoms with Crippen LogP contribution in [0.1, 0.15) is 77.9 Å². The SMILES string of the molecule is CCCCCCC(C)(CCCC)c1oc(F)nc1I. The average molecular weight is 381 g/mol. The molecule has 0 aliphatic heterocycles. The number of hydrogen-bond acceptors (Lipinski definition) is 2. The molecule has 0 saturated carbocycles. The van der Waals surface area contributed by atoms with Gasteiger partial charge in [-0.3, -0.25) is 0 Å². The summed E-state index contributed by atoms with van der Waals surface area (Å²) in [6, 6.07) is 0. The van der Waals surface area contributed by atoms with Gasteiger partial charge in [0.25, 0.3) is 0 Å². The van der Waals surface area contributed by atoms with E-state index in [4.69, 9.17) is 4.42 Å². The summed E-state index contributed by atoms with van der Waals surface area (Å²) < 4.78 is 19.1. The average Bonchev–Trinajstić information content (AvgIpc) is 2.72. The van der Waals surface area contributed by atoms with Crippen molar-refractivity contribution in [2.45, 2.75) is 77.6 Å². The van der Waals surface area contributed by atoms with Crippen molar-refractivity contribution < 1.29 is 8.81 Å². The molecule has 1 rings (SSSR count). The van der Waals surface area contributed by atoms with Gasteiger partial charge in [0, 0.05) is 5.41 Å². The Morgan fingerprint density at radius 1 is 1.11 bits per heavy atom. The molecule has 110 valence electrons. The Bertz CT molecular complexity index is 380. The first-order valence-electron chi connectivity index (χ1n) is 7.35. The molecule has 1 atom stereocenters. The van der Waals surface area contributed by atoms with Crippen molar-refractivity contribution in [1.29, 1.82) is 0 Å². The molecule has 0 radical (unpaired) electrons. The Kier molecular flexibility index (Phi) is 7.32. The zero-order chi connectivity index (χ0) is 14.3. The number of aromatic nitrogens is 1. The monoisotopic (exact) mass is 381 g/mol. The molecule has 0 saturated heterocycles. The summed E-state index contributed by atoms with van der Waals surface area (Å²) >= 11 is 2.08. The molecule has 1 unspecified atom stereocenters. The van der Waals surface area contributed by atoms with Crippen molar-refractivity contribution in [3.63, 3.8) is 0 Å². The fourth-order valence-electron chi connectivity index (χ4n) is 2.51. The molecular formula is C15H25FINO. The molecule has 0 N–H and O–H groups in total. The van der Waals surface area contributed by atoms with Crippen molar-refractivity contribution in [1.82, 2.24) is 4.98 Å². The number of rotatable bonds is 9. The first-order valence-corrected chi connectivity index (χ1v) is 8.43. The highest BCUT2D eigenvalue weighted by molar-refractivity contribution is 14.1. The second-order valence-electron chi connectivity index (χ2n) is 5.56. The predicted molar refractivity (Wildman–Crippen MR) is 84.8 cm³/mol. The Balaban J connectivity index is 2.76. The first-order chi connectivity index (χ1) is 9.03. The maximum absolute atomic E-state index is 13.2. The molecule has 1 aromatic heterocycles. The van der Waals surface area contributed by atoms with E-state index in [0.717, 1.165) is 31.4 Å². The lowest BCUT2D eigenvalue weighted by molar-refractivity contribution is 0.249. The molecule has 0 fully saturated rings. The zero-order valence-electron chi connectivity index (χ0n) is 12.3. The van der Waals surface area contributed by atoms with Crippen LogP contribution in [-0.4, -0.2) is 4.98 Å². The second kappa shape index (κ2) is 8.22. The minimum Gasteiger partial charge on any atom is -0.418 e. The molecule has 1 aromatic rings. The lowest BCUT2D eigenvalue weighted by Gasteiger charge is -2.27. The maximum atomic E-state index is 13.2. The minimum atomic E-state index is -0.698. The lowest BCUT2D eigenvalue weighted by Crippen LogP contribution is -2.22. The summed E-state index contributed by atoms with van der Waals surface area (Å²) in [5.74, 6) is 0.746. The molecular weight excluding hydrogens is 356 g/mol. The first kappa shape index (κ1) is 16.9. The van der Waals surface area contributed by atoms with E-state index < -0.39 is 6.14 Å². The highest BCUT2D eigenvalue weighted by Gasteiger charge is 2.32. The van der Waals surface area contributed by atoms with E-state index in [9.17, 15) is 4.39 Å². The lowest BCUT2D eigenvalue weighted by atomic mass is 9.78. The van der Waals surface area contributed by atoms with Crippen molar-refractivity contribution >= 4 is 22.6 Å². The molecule has 0 spiro atoms. The normalized spacial score (nSPS) is 14.6. The molecule has 0 aromatic carbocycles. The van der Waals surface area contributed by atoms with Crippen molar-refractivity contribution in [3.8, 4) is 0 Å². The van der Waals surface area contributed by atoms with E-state index in [1.165, 1.54) is 25.7 Å². The molecule has 0 aliphatic carbocycles. The van der Waals surface area contributed by atoms with Gasteiger partial charge in [0.15, 0.2) is 0 Å². The van der Waals surface area contributed by atoms with Crippen molar-refractivity contribution in [2.24, 2.45) is 0 Å². The summed E-state index contributed by atoms with van der Waals surface area (Å²) in [6.45, 7) is 6.59. The van der Waals surface area contributed by atoms with E-state index in [1.54, 1.807) is 0 Å². The summed E-state index contributed by atoms with van der Waals surface area (Å²) in [7, 11) is 0. The Labute approximate surface area is 129 Å². The van der Waals surface area contributed by atoms with Gasteiger partial charge in [-0.15, -0.1) is 4.39 Å². The fourth-order valence-corrected chi connectivity index (χ4v) is 3.46. The summed E-state index contributed by atoms with van der Waals surface area (Å²) in [4.78, 5) is 3.78. The van der Waals surface area contributed by atoms with Crippen LogP contribution in [0, 0.1) is 9.85 Å². The summed E-state index contributed by atoms with van der Waals surface area (Å²) in [5, 5.41) is 0. The number of nitrogens with zero attached hydrogens (tertiary/aromatic N) is 1. The molecule has 0 amide bonds. The number of oxazole rings is 1. The third-order valence-electron chi connectivity index (χ3n) is 3.77. The van der Waals surface area contributed by atoms with E-state index in [0.29, 0.717) is 3.70 Å². The van der Waals surface area contributed by atoms with Gasteiger partial charge in [-0.1, -0.05) is 59.3 Å². The Hall–Kier alpha value is -0.130. The summed E-state index contributed by atoms with van der Waals surface area (Å²) in [6.07, 6.45) is 8.61. The van der Waals surface area contributed by atoms with Gasteiger partial charge in [-0.25, -0.2) is 0 Å². The number of unbranched alkanes of at least 4 members (excludes halogenated alkanes) is 4. The fraction of sp³-hybridized carbons (Fsp3) is 0.800. The van der Waals surface area contributed by atoms with Crippen LogP contribution in [0.5, 0.6) is 0 Å². The minimum absolute atomic E-state index is 0.0718. The Morgan fingerprint density at radius 2 is 1.74 bits per heavy atom. The van der Waals surface area contributed by atoms with Crippen LogP contribution < -0.4 is 0 Å². The van der Waals surface area contributed by atoms with Crippen LogP contribution in [-0.2, 0) is 5.41 Å². The highest BCUT2D eigenvalue weighted by Crippen LogP contribution is 2.37. The highest BCUT2D eigenvalue weighted by atomic mass is 127. The van der Waals surface area contributed by atoms with Crippen LogP contribution in [0.2, 0.25) is 0 Å². The third-order valence-corrected chi connectivity index (χ3v) is 4.50. The molecule has 0 bridgehead atoms. The van der Waals surface area contributed by atoms with E-state index in [2.05, 4.69) is 48.3 Å². The summed E-state index contributed by atoms with van der Waals surface area (Å²) in [5.41, 5.74) is -0.0718. The molecule has 0 aliphatic rings. The van der Waals surface area contributed by atoms with Crippen LogP contribution in [0.3, 0.4) is 0 Å². The van der Waals surface area contributed by atoms with Gasteiger partial charge in [0.2, 0.25) is 0 Å². The van der Waals surface area contributed by atoms with Gasteiger partial charge < -0.3 is 4.42 Å². The smallest absolute Gasteiger partial charge is 0.382 e. The van der Waals surface area contributed by atoms with Gasteiger partial charge in [0.05, 0.1) is 0 Å². The van der Waals surface area contributed by atoms with E-state index in [-0.39, 0.29) is 5.41 Å². The standard InChI is InChI=1S/C15H25FINO/c1-4-6-8-9-11-15(3,10-7-5-2)12-13(17)18-14(16)19-12/h4-11H2,1-3H3. The molecule has 4 heteroatoms. The van der Waals surface area contributed by atoms with Crippen molar-refractivity contribution in [2.75, 3.05) is 0 Å². The molecule has 2 nitrogen and oxygen atoms in total. The predicted octanol–water partition coefficient (Wildman–Crippen LogP) is 5.84. The van der Waals surface area contributed by atoms with Gasteiger partial charge in [-0.2, -0.15) is 4.98 Å². The van der Waals surface area contributed by atoms with Gasteiger partial charge >= 0.3 is 6.14 Å². The van der Waals surface area contributed by atoms with Crippen LogP contribution >= 0.6 is 22.6 Å². The van der Waals surface area contributed by atoms with Crippen LogP contribution in [0.15, 0.2) is 4.42 Å². The third kappa shape index (κ3) is 5.04.